The van der Waals surface area contributed by atoms with Crippen molar-refractivity contribution in [1.82, 2.24) is 14.5 Å². The van der Waals surface area contributed by atoms with Crippen molar-refractivity contribution in [2.75, 3.05) is 13.1 Å². The zero-order valence-corrected chi connectivity index (χ0v) is 13.7. The van der Waals surface area contributed by atoms with Crippen molar-refractivity contribution < 1.29 is 4.79 Å². The summed E-state index contributed by atoms with van der Waals surface area (Å²) in [5, 5.41) is 0. The van der Waals surface area contributed by atoms with Crippen LogP contribution in [0.2, 0.25) is 0 Å². The number of carbonyl (C=O) groups excluding carboxylic acids is 1. The minimum absolute atomic E-state index is 0.205. The molecule has 1 fully saturated rings. The maximum Gasteiger partial charge on any atom is 0.226 e. The van der Waals surface area contributed by atoms with Gasteiger partial charge in [-0.3, -0.25) is 4.79 Å². The first-order valence-electron chi connectivity index (χ1n) is 8.63. The molecule has 4 heteroatoms. The smallest absolute Gasteiger partial charge is 0.226 e. The van der Waals surface area contributed by atoms with E-state index in [1.807, 2.05) is 6.20 Å². The number of rotatable bonds is 3. The van der Waals surface area contributed by atoms with E-state index in [1.165, 1.54) is 0 Å². The van der Waals surface area contributed by atoms with E-state index < -0.39 is 0 Å². The topological polar surface area (TPSA) is 38.1 Å². The summed E-state index contributed by atoms with van der Waals surface area (Å²) < 4.78 is 2.30. The molecule has 1 aliphatic heterocycles. The molecule has 2 heterocycles. The molecule has 0 radical (unpaired) electrons. The van der Waals surface area contributed by atoms with Crippen molar-refractivity contribution in [1.29, 1.82) is 0 Å². The minimum Gasteiger partial charge on any atom is -0.340 e. The van der Waals surface area contributed by atoms with Crippen molar-refractivity contribution in [3.63, 3.8) is 0 Å². The van der Waals surface area contributed by atoms with E-state index in [1.54, 1.807) is 0 Å². The third-order valence-electron chi connectivity index (χ3n) is 4.93. The Morgan fingerprint density at radius 3 is 2.91 bits per heavy atom. The van der Waals surface area contributed by atoms with Gasteiger partial charge in [-0.25, -0.2) is 4.98 Å². The van der Waals surface area contributed by atoms with E-state index in [0.29, 0.717) is 17.9 Å². The molecule has 120 valence electrons. The van der Waals surface area contributed by atoms with Crippen LogP contribution in [0.15, 0.2) is 24.5 Å². The second-order valence-electron chi connectivity index (χ2n) is 6.91. The van der Waals surface area contributed by atoms with E-state index in [2.05, 4.69) is 46.6 Å². The van der Waals surface area contributed by atoms with Gasteiger partial charge in [0, 0.05) is 37.3 Å². The Balaban J connectivity index is 1.70. The molecule has 0 saturated carbocycles. The summed E-state index contributed by atoms with van der Waals surface area (Å²) in [7, 11) is 0. The molecule has 1 saturated heterocycles. The quantitative estimate of drug-likeness (QED) is 0.801. The number of carbonyl (C=O) groups is 1. The average molecular weight is 301 g/mol. The molecule has 2 aliphatic rings. The van der Waals surface area contributed by atoms with Crippen molar-refractivity contribution in [3.05, 3.63) is 30.4 Å². The summed E-state index contributed by atoms with van der Waals surface area (Å²) in [6.45, 7) is 6.12. The maximum absolute atomic E-state index is 12.8. The van der Waals surface area contributed by atoms with E-state index in [4.69, 9.17) is 0 Å². The second-order valence-corrected chi connectivity index (χ2v) is 6.91. The summed E-state index contributed by atoms with van der Waals surface area (Å²) in [5.41, 5.74) is 0. The van der Waals surface area contributed by atoms with E-state index in [-0.39, 0.29) is 5.92 Å². The molecule has 22 heavy (non-hydrogen) atoms. The van der Waals surface area contributed by atoms with Gasteiger partial charge in [-0.1, -0.05) is 26.0 Å². The highest BCUT2D eigenvalue weighted by Gasteiger charge is 2.30. The van der Waals surface area contributed by atoms with Crippen LogP contribution in [0.3, 0.4) is 0 Å². The molecule has 0 unspecified atom stereocenters. The summed E-state index contributed by atoms with van der Waals surface area (Å²) >= 11 is 0. The summed E-state index contributed by atoms with van der Waals surface area (Å²) in [5.74, 6) is 2.13. The zero-order valence-electron chi connectivity index (χ0n) is 13.7. The second kappa shape index (κ2) is 6.67. The molecule has 0 aromatic carbocycles. The molecule has 1 aromatic heterocycles. The number of hydrogen-bond donors (Lipinski definition) is 0. The lowest BCUT2D eigenvalue weighted by Crippen LogP contribution is -2.44. The zero-order chi connectivity index (χ0) is 15.5. The summed E-state index contributed by atoms with van der Waals surface area (Å²) in [4.78, 5) is 19.4. The van der Waals surface area contributed by atoms with E-state index in [0.717, 1.165) is 51.0 Å². The predicted octanol–water partition coefficient (Wildman–Crippen LogP) is 3.53. The lowest BCUT2D eigenvalue weighted by molar-refractivity contribution is -0.137. The third kappa shape index (κ3) is 3.11. The van der Waals surface area contributed by atoms with Gasteiger partial charge in [-0.2, -0.15) is 0 Å². The van der Waals surface area contributed by atoms with Gasteiger partial charge >= 0.3 is 0 Å². The Labute approximate surface area is 133 Å². The van der Waals surface area contributed by atoms with Gasteiger partial charge in [0.1, 0.15) is 5.82 Å². The van der Waals surface area contributed by atoms with Crippen LogP contribution < -0.4 is 0 Å². The van der Waals surface area contributed by atoms with E-state index in [9.17, 15) is 4.79 Å². The molecule has 1 aromatic rings. The standard InChI is InChI=1S/C18H27N3O/c1-14(2)17-19-10-12-21(17)16-9-6-11-20(13-16)18(22)15-7-4-3-5-8-15/h3-4,10,12,14-16H,5-9,11,13H2,1-2H3/t15-,16-/m1/s1. The van der Waals surface area contributed by atoms with Gasteiger partial charge in [-0.15, -0.1) is 0 Å². The van der Waals surface area contributed by atoms with Crippen LogP contribution in [0.1, 0.15) is 63.7 Å². The van der Waals surface area contributed by atoms with Gasteiger partial charge in [0.25, 0.3) is 0 Å². The van der Waals surface area contributed by atoms with Crippen molar-refractivity contribution >= 4 is 5.91 Å². The summed E-state index contributed by atoms with van der Waals surface area (Å²) in [6, 6.07) is 0.386. The highest BCUT2D eigenvalue weighted by molar-refractivity contribution is 5.79. The lowest BCUT2D eigenvalue weighted by Gasteiger charge is -2.36. The maximum atomic E-state index is 12.8. The lowest BCUT2D eigenvalue weighted by atomic mass is 9.92. The van der Waals surface area contributed by atoms with Crippen LogP contribution in [0.5, 0.6) is 0 Å². The number of amides is 1. The van der Waals surface area contributed by atoms with Crippen LogP contribution in [0.4, 0.5) is 0 Å². The fourth-order valence-electron chi connectivity index (χ4n) is 3.74. The molecule has 3 rings (SSSR count). The van der Waals surface area contributed by atoms with Crippen molar-refractivity contribution in [2.24, 2.45) is 5.92 Å². The first-order valence-corrected chi connectivity index (χ1v) is 8.63. The number of likely N-dealkylation sites (tertiary alicyclic amines) is 1. The monoisotopic (exact) mass is 301 g/mol. The van der Waals surface area contributed by atoms with Crippen LogP contribution >= 0.6 is 0 Å². The molecular formula is C18H27N3O. The predicted molar refractivity (Wildman–Crippen MR) is 87.6 cm³/mol. The number of imidazole rings is 1. The van der Waals surface area contributed by atoms with Gasteiger partial charge in [0.05, 0.1) is 6.04 Å². The van der Waals surface area contributed by atoms with Crippen molar-refractivity contribution in [2.45, 2.75) is 57.9 Å². The number of hydrogen-bond acceptors (Lipinski definition) is 2. The molecular weight excluding hydrogens is 274 g/mol. The van der Waals surface area contributed by atoms with Crippen molar-refractivity contribution in [3.8, 4) is 0 Å². The Bertz CT molecular complexity index is 546. The van der Waals surface area contributed by atoms with Crippen LogP contribution in [0, 0.1) is 5.92 Å². The Morgan fingerprint density at radius 1 is 1.32 bits per heavy atom. The largest absolute Gasteiger partial charge is 0.340 e. The SMILES string of the molecule is CC(C)c1nccn1[C@@H]1CCCN(C(=O)[C@@H]2CC=CCC2)C1. The number of nitrogens with zero attached hydrogens (tertiary/aromatic N) is 3. The number of allylic oxidation sites excluding steroid dienone is 2. The fourth-order valence-corrected chi connectivity index (χ4v) is 3.74. The van der Waals surface area contributed by atoms with Crippen LogP contribution in [0.25, 0.3) is 0 Å². The van der Waals surface area contributed by atoms with Gasteiger partial charge in [0.2, 0.25) is 5.91 Å². The molecule has 0 bridgehead atoms. The van der Waals surface area contributed by atoms with Crippen LogP contribution in [-0.4, -0.2) is 33.4 Å². The molecule has 1 amide bonds. The highest BCUT2D eigenvalue weighted by atomic mass is 16.2. The first kappa shape index (κ1) is 15.3. The minimum atomic E-state index is 0.205. The number of aromatic nitrogens is 2. The van der Waals surface area contributed by atoms with Gasteiger partial charge < -0.3 is 9.47 Å². The third-order valence-corrected chi connectivity index (χ3v) is 4.93. The molecule has 2 atom stereocenters. The average Bonchev–Trinajstić information content (AvgIpc) is 3.05. The van der Waals surface area contributed by atoms with Gasteiger partial charge in [-0.05, 0) is 32.1 Å². The summed E-state index contributed by atoms with van der Waals surface area (Å²) in [6.07, 6.45) is 13.6. The normalized spacial score (nSPS) is 25.7. The first-order chi connectivity index (χ1) is 10.7. The Kier molecular flexibility index (Phi) is 4.65. The molecule has 4 nitrogen and oxygen atoms in total. The van der Waals surface area contributed by atoms with Gasteiger partial charge in [0.15, 0.2) is 0 Å². The molecule has 0 N–H and O–H groups in total. The fraction of sp³-hybridized carbons (Fsp3) is 0.667. The van der Waals surface area contributed by atoms with Crippen LogP contribution in [-0.2, 0) is 4.79 Å². The Morgan fingerprint density at radius 2 is 2.18 bits per heavy atom. The van der Waals surface area contributed by atoms with E-state index >= 15 is 0 Å². The molecule has 0 spiro atoms. The Hall–Kier alpha value is -1.58. The number of piperidine rings is 1. The molecule has 1 aliphatic carbocycles. The highest BCUT2D eigenvalue weighted by Crippen LogP contribution is 2.28.